The van der Waals surface area contributed by atoms with Crippen LogP contribution < -0.4 is 0 Å². The third-order valence-electron chi connectivity index (χ3n) is 6.51. The van der Waals surface area contributed by atoms with E-state index in [4.69, 9.17) is 4.98 Å². The number of benzene rings is 4. The second-order valence-corrected chi connectivity index (χ2v) is 9.57. The van der Waals surface area contributed by atoms with Crippen LogP contribution >= 0.6 is 0 Å². The van der Waals surface area contributed by atoms with Crippen molar-refractivity contribution in [3.05, 3.63) is 97.0 Å². The predicted molar refractivity (Wildman–Crippen MR) is 135 cm³/mol. The van der Waals surface area contributed by atoms with Crippen LogP contribution in [0.1, 0.15) is 26.3 Å². The first-order chi connectivity index (χ1) is 15.5. The lowest BCUT2D eigenvalue weighted by atomic mass is 9.82. The molecule has 0 unspecified atom stereocenters. The summed E-state index contributed by atoms with van der Waals surface area (Å²) < 4.78 is 0. The molecule has 6 rings (SSSR count). The van der Waals surface area contributed by atoms with Crippen molar-refractivity contribution in [2.24, 2.45) is 0 Å². The molecule has 2 heteroatoms. The number of pyridine rings is 2. The SMILES string of the molecule is CC(C)(C)c1cc2ccc3c(-c4ccncc4)cc(-c4ccccn4)c4ccc(c1)c2c34. The van der Waals surface area contributed by atoms with Gasteiger partial charge in [-0.2, -0.15) is 0 Å². The van der Waals surface area contributed by atoms with Crippen LogP contribution in [0, 0.1) is 0 Å². The highest BCUT2D eigenvalue weighted by molar-refractivity contribution is 6.28. The predicted octanol–water partition coefficient (Wildman–Crippen LogP) is 8.01. The van der Waals surface area contributed by atoms with E-state index in [0.717, 1.165) is 5.69 Å². The Kier molecular flexibility index (Phi) is 4.06. The molecule has 0 aliphatic heterocycles. The van der Waals surface area contributed by atoms with Gasteiger partial charge in [0.1, 0.15) is 0 Å². The lowest BCUT2D eigenvalue weighted by Crippen LogP contribution is -2.10. The largest absolute Gasteiger partial charge is 0.265 e. The normalized spacial score (nSPS) is 12.2. The summed E-state index contributed by atoms with van der Waals surface area (Å²) in [5, 5.41) is 7.76. The molecule has 6 aromatic rings. The van der Waals surface area contributed by atoms with E-state index >= 15 is 0 Å². The minimum absolute atomic E-state index is 0.103. The molecular formula is C30H24N2. The molecule has 0 aliphatic rings. The van der Waals surface area contributed by atoms with Gasteiger partial charge in [0, 0.05) is 24.2 Å². The third-order valence-corrected chi connectivity index (χ3v) is 6.51. The fraction of sp³-hybridized carbons (Fsp3) is 0.133. The van der Waals surface area contributed by atoms with Crippen molar-refractivity contribution < 1.29 is 0 Å². The van der Waals surface area contributed by atoms with Gasteiger partial charge in [-0.25, -0.2) is 0 Å². The molecule has 0 spiro atoms. The van der Waals surface area contributed by atoms with Crippen LogP contribution in [0.3, 0.4) is 0 Å². The van der Waals surface area contributed by atoms with Gasteiger partial charge in [-0.05, 0) is 84.8 Å². The highest BCUT2D eigenvalue weighted by Gasteiger charge is 2.20. The van der Waals surface area contributed by atoms with Crippen molar-refractivity contribution in [3.8, 4) is 22.4 Å². The Balaban J connectivity index is 1.80. The second kappa shape index (κ2) is 6.86. The van der Waals surface area contributed by atoms with Crippen molar-refractivity contribution in [1.82, 2.24) is 9.97 Å². The summed E-state index contributed by atoms with van der Waals surface area (Å²) in [6, 6.07) is 26.4. The van der Waals surface area contributed by atoms with E-state index in [9.17, 15) is 0 Å². The second-order valence-electron chi connectivity index (χ2n) is 9.57. The average Bonchev–Trinajstić information content (AvgIpc) is 2.82. The van der Waals surface area contributed by atoms with Crippen molar-refractivity contribution in [2.75, 3.05) is 0 Å². The molecule has 0 saturated carbocycles. The first kappa shape index (κ1) is 18.9. The van der Waals surface area contributed by atoms with Gasteiger partial charge >= 0.3 is 0 Å². The molecule has 0 saturated heterocycles. The monoisotopic (exact) mass is 412 g/mol. The molecule has 154 valence electrons. The van der Waals surface area contributed by atoms with E-state index in [1.165, 1.54) is 54.6 Å². The van der Waals surface area contributed by atoms with E-state index in [-0.39, 0.29) is 5.41 Å². The number of rotatable bonds is 2. The van der Waals surface area contributed by atoms with E-state index in [1.54, 1.807) is 0 Å². The highest BCUT2D eigenvalue weighted by atomic mass is 14.7. The zero-order valence-corrected chi connectivity index (χ0v) is 18.6. The summed E-state index contributed by atoms with van der Waals surface area (Å²) in [7, 11) is 0. The molecule has 0 bridgehead atoms. The van der Waals surface area contributed by atoms with Gasteiger partial charge in [0.2, 0.25) is 0 Å². The maximum atomic E-state index is 4.70. The van der Waals surface area contributed by atoms with Crippen LogP contribution in [-0.2, 0) is 5.41 Å². The summed E-state index contributed by atoms with van der Waals surface area (Å²) in [6.45, 7) is 6.84. The number of hydrogen-bond acceptors (Lipinski definition) is 2. The lowest BCUT2D eigenvalue weighted by molar-refractivity contribution is 0.591. The first-order valence-electron chi connectivity index (χ1n) is 11.1. The summed E-state index contributed by atoms with van der Waals surface area (Å²) in [4.78, 5) is 8.93. The van der Waals surface area contributed by atoms with Crippen molar-refractivity contribution in [3.63, 3.8) is 0 Å². The van der Waals surface area contributed by atoms with Gasteiger partial charge in [0.25, 0.3) is 0 Å². The van der Waals surface area contributed by atoms with Crippen molar-refractivity contribution in [1.29, 1.82) is 0 Å². The lowest BCUT2D eigenvalue weighted by Gasteiger charge is -2.22. The summed E-state index contributed by atoms with van der Waals surface area (Å²) >= 11 is 0. The van der Waals surface area contributed by atoms with E-state index in [1.807, 2.05) is 24.7 Å². The van der Waals surface area contributed by atoms with Crippen LogP contribution in [0.4, 0.5) is 0 Å². The molecule has 4 aromatic carbocycles. The van der Waals surface area contributed by atoms with Crippen LogP contribution in [-0.4, -0.2) is 9.97 Å². The quantitative estimate of drug-likeness (QED) is 0.269. The first-order valence-corrected chi connectivity index (χ1v) is 11.1. The summed E-state index contributed by atoms with van der Waals surface area (Å²) in [5.74, 6) is 0. The zero-order chi connectivity index (χ0) is 21.9. The molecule has 0 amide bonds. The molecule has 2 nitrogen and oxygen atoms in total. The number of nitrogens with zero attached hydrogens (tertiary/aromatic N) is 2. The Hall–Kier alpha value is -3.78. The van der Waals surface area contributed by atoms with Crippen LogP contribution in [0.5, 0.6) is 0 Å². The molecule has 0 N–H and O–H groups in total. The van der Waals surface area contributed by atoms with Gasteiger partial charge in [-0.3, -0.25) is 9.97 Å². The van der Waals surface area contributed by atoms with Crippen molar-refractivity contribution >= 4 is 32.3 Å². The maximum Gasteiger partial charge on any atom is 0.0708 e. The van der Waals surface area contributed by atoms with E-state index in [0.29, 0.717) is 0 Å². The molecule has 2 aromatic heterocycles. The number of hydrogen-bond donors (Lipinski definition) is 0. The standard InChI is InChI=1S/C30H24N2/c1-30(2,3)22-16-20-7-9-23-25(19-11-14-31-15-12-19)18-26(27-6-4-5-13-32-27)24-10-8-21(17-22)28(20)29(23)24/h4-18H,1-3H3. The van der Waals surface area contributed by atoms with Crippen molar-refractivity contribution in [2.45, 2.75) is 26.2 Å². The molecule has 2 heterocycles. The average molecular weight is 413 g/mol. The van der Waals surface area contributed by atoms with Crippen LogP contribution in [0.2, 0.25) is 0 Å². The minimum Gasteiger partial charge on any atom is -0.265 e. The summed E-state index contributed by atoms with van der Waals surface area (Å²) in [5.41, 5.74) is 6.02. The van der Waals surface area contributed by atoms with Crippen LogP contribution in [0.15, 0.2) is 91.4 Å². The molecule has 0 fully saturated rings. The highest BCUT2D eigenvalue weighted by Crippen LogP contribution is 2.44. The molecule has 0 atom stereocenters. The molecule has 0 aliphatic carbocycles. The zero-order valence-electron chi connectivity index (χ0n) is 18.6. The fourth-order valence-corrected chi connectivity index (χ4v) is 4.85. The van der Waals surface area contributed by atoms with Gasteiger partial charge < -0.3 is 0 Å². The van der Waals surface area contributed by atoms with Gasteiger partial charge in [0.05, 0.1) is 5.69 Å². The third kappa shape index (κ3) is 2.87. The Morgan fingerprint density at radius 1 is 0.625 bits per heavy atom. The van der Waals surface area contributed by atoms with Gasteiger partial charge in [-0.15, -0.1) is 0 Å². The van der Waals surface area contributed by atoms with Crippen LogP contribution in [0.25, 0.3) is 54.7 Å². The topological polar surface area (TPSA) is 25.8 Å². The van der Waals surface area contributed by atoms with Gasteiger partial charge in [0.15, 0.2) is 0 Å². The molecular weight excluding hydrogens is 388 g/mol. The minimum atomic E-state index is 0.103. The van der Waals surface area contributed by atoms with Gasteiger partial charge in [-0.1, -0.05) is 63.2 Å². The summed E-state index contributed by atoms with van der Waals surface area (Å²) in [6.07, 6.45) is 5.60. The Morgan fingerprint density at radius 2 is 1.31 bits per heavy atom. The smallest absolute Gasteiger partial charge is 0.0708 e. The fourth-order valence-electron chi connectivity index (χ4n) is 4.85. The number of aromatic nitrogens is 2. The van der Waals surface area contributed by atoms with E-state index < -0.39 is 0 Å². The van der Waals surface area contributed by atoms with E-state index in [2.05, 4.69) is 92.5 Å². The molecule has 0 radical (unpaired) electrons. The maximum absolute atomic E-state index is 4.70. The molecule has 32 heavy (non-hydrogen) atoms. The Labute approximate surface area is 187 Å². The Bertz CT molecular complexity index is 1470. The Morgan fingerprint density at radius 3 is 1.94 bits per heavy atom.